The van der Waals surface area contributed by atoms with Gasteiger partial charge in [-0.05, 0) is 18.6 Å². The van der Waals surface area contributed by atoms with Gasteiger partial charge in [0.15, 0.2) is 0 Å². The van der Waals surface area contributed by atoms with E-state index in [4.69, 9.17) is 11.6 Å². The largest absolute Gasteiger partial charge is 0.345 e. The molecule has 0 saturated carbocycles. The smallest absolute Gasteiger partial charge is 0.253 e. The van der Waals surface area contributed by atoms with E-state index in [-0.39, 0.29) is 5.91 Å². The van der Waals surface area contributed by atoms with Gasteiger partial charge in [0.1, 0.15) is 10.2 Å². The maximum absolute atomic E-state index is 11.8. The van der Waals surface area contributed by atoms with Gasteiger partial charge in [-0.15, -0.1) is 11.3 Å². The van der Waals surface area contributed by atoms with Crippen molar-refractivity contribution in [3.63, 3.8) is 0 Å². The molecule has 0 bridgehead atoms. The van der Waals surface area contributed by atoms with Crippen LogP contribution in [0.25, 0.3) is 0 Å². The number of aromatic nitrogens is 2. The van der Waals surface area contributed by atoms with Crippen LogP contribution in [0.4, 0.5) is 0 Å². The first kappa shape index (κ1) is 13.0. The van der Waals surface area contributed by atoms with E-state index in [2.05, 4.69) is 22.2 Å². The number of carbonyl (C=O) groups is 1. The van der Waals surface area contributed by atoms with Crippen LogP contribution in [0.2, 0.25) is 5.15 Å². The lowest BCUT2D eigenvalue weighted by Crippen LogP contribution is -2.22. The van der Waals surface area contributed by atoms with Crippen LogP contribution in [0.1, 0.15) is 27.2 Å². The molecule has 0 unspecified atom stereocenters. The Bertz CT molecular complexity index is 539. The summed E-state index contributed by atoms with van der Waals surface area (Å²) in [6.45, 7) is 2.52. The first-order valence-electron chi connectivity index (χ1n) is 5.52. The van der Waals surface area contributed by atoms with E-state index >= 15 is 0 Å². The molecule has 0 aliphatic rings. The molecule has 4 nitrogen and oxygen atoms in total. The molecular formula is C12H12ClN3OS. The molecule has 0 atom stereocenters. The highest BCUT2D eigenvalue weighted by Crippen LogP contribution is 2.13. The fourth-order valence-electron chi connectivity index (χ4n) is 1.36. The monoisotopic (exact) mass is 281 g/mol. The van der Waals surface area contributed by atoms with Crippen molar-refractivity contribution in [1.29, 1.82) is 0 Å². The number of hydrogen-bond donors (Lipinski definition) is 1. The van der Waals surface area contributed by atoms with Gasteiger partial charge in [0.25, 0.3) is 5.91 Å². The van der Waals surface area contributed by atoms with Crippen LogP contribution in [0.15, 0.2) is 24.5 Å². The van der Waals surface area contributed by atoms with E-state index in [0.717, 1.165) is 11.4 Å². The fraction of sp³-hybridized carbons (Fsp3) is 0.250. The van der Waals surface area contributed by atoms with Gasteiger partial charge in [-0.2, -0.15) is 0 Å². The Morgan fingerprint density at radius 3 is 2.83 bits per heavy atom. The molecule has 2 heterocycles. The van der Waals surface area contributed by atoms with Gasteiger partial charge in [-0.25, -0.2) is 9.97 Å². The van der Waals surface area contributed by atoms with Crippen LogP contribution in [0, 0.1) is 0 Å². The third-order valence-electron chi connectivity index (χ3n) is 2.34. The number of nitrogens with zero attached hydrogens (tertiary/aromatic N) is 2. The molecule has 18 heavy (non-hydrogen) atoms. The molecule has 94 valence electrons. The van der Waals surface area contributed by atoms with Crippen molar-refractivity contribution in [2.24, 2.45) is 0 Å². The minimum absolute atomic E-state index is 0.174. The molecule has 6 heteroatoms. The molecule has 0 aliphatic carbocycles. The summed E-state index contributed by atoms with van der Waals surface area (Å²) in [5.41, 5.74) is 0.492. The summed E-state index contributed by atoms with van der Waals surface area (Å²) in [6, 6.07) is 3.24. The predicted molar refractivity (Wildman–Crippen MR) is 71.9 cm³/mol. The number of thiazole rings is 1. The van der Waals surface area contributed by atoms with Crippen LogP contribution in [0.5, 0.6) is 0 Å². The highest BCUT2D eigenvalue weighted by Gasteiger charge is 2.07. The molecule has 0 aromatic carbocycles. The molecule has 1 amide bonds. The number of nitrogens with one attached hydrogen (secondary N) is 1. The van der Waals surface area contributed by atoms with E-state index in [1.807, 2.05) is 6.20 Å². The van der Waals surface area contributed by atoms with Gasteiger partial charge in [0, 0.05) is 17.3 Å². The molecule has 0 spiro atoms. The molecule has 2 aromatic heterocycles. The zero-order valence-electron chi connectivity index (χ0n) is 9.81. The molecule has 0 fully saturated rings. The summed E-state index contributed by atoms with van der Waals surface area (Å²) in [7, 11) is 0. The quantitative estimate of drug-likeness (QED) is 0.877. The number of carbonyl (C=O) groups excluding carboxylic acids is 1. The lowest BCUT2D eigenvalue weighted by Gasteiger charge is -2.02. The van der Waals surface area contributed by atoms with Gasteiger partial charge in [0.05, 0.1) is 12.1 Å². The van der Waals surface area contributed by atoms with Crippen LogP contribution in [-0.4, -0.2) is 15.9 Å². The SMILES string of the molecule is CCc1cnc(CNC(=O)c2ccc(Cl)nc2)s1. The summed E-state index contributed by atoms with van der Waals surface area (Å²) < 4.78 is 0. The Balaban J connectivity index is 1.93. The number of rotatable bonds is 4. The van der Waals surface area contributed by atoms with Crippen LogP contribution >= 0.6 is 22.9 Å². The van der Waals surface area contributed by atoms with Crippen LogP contribution < -0.4 is 5.32 Å². The molecule has 0 aliphatic heterocycles. The molecule has 2 rings (SSSR count). The first-order valence-corrected chi connectivity index (χ1v) is 6.72. The number of halogens is 1. The second-order valence-corrected chi connectivity index (χ2v) is 5.21. The maximum atomic E-state index is 11.8. The maximum Gasteiger partial charge on any atom is 0.253 e. The Morgan fingerprint density at radius 1 is 1.39 bits per heavy atom. The lowest BCUT2D eigenvalue weighted by atomic mass is 10.3. The Morgan fingerprint density at radius 2 is 2.22 bits per heavy atom. The van der Waals surface area contributed by atoms with E-state index in [1.54, 1.807) is 23.5 Å². The van der Waals surface area contributed by atoms with Crippen molar-refractivity contribution in [2.45, 2.75) is 19.9 Å². The van der Waals surface area contributed by atoms with Crippen molar-refractivity contribution in [3.05, 3.63) is 45.1 Å². The van der Waals surface area contributed by atoms with E-state index in [0.29, 0.717) is 17.3 Å². The molecule has 0 radical (unpaired) electrons. The number of hydrogen-bond acceptors (Lipinski definition) is 4. The normalized spacial score (nSPS) is 10.3. The molecule has 0 saturated heterocycles. The third kappa shape index (κ3) is 3.27. The summed E-state index contributed by atoms with van der Waals surface area (Å²) in [5.74, 6) is -0.174. The highest BCUT2D eigenvalue weighted by atomic mass is 35.5. The molecular weight excluding hydrogens is 270 g/mol. The topological polar surface area (TPSA) is 54.9 Å². The van der Waals surface area contributed by atoms with Crippen LogP contribution in [-0.2, 0) is 13.0 Å². The summed E-state index contributed by atoms with van der Waals surface area (Å²) >= 11 is 7.27. The Kier molecular flexibility index (Phi) is 4.28. The minimum atomic E-state index is -0.174. The van der Waals surface area contributed by atoms with Crippen LogP contribution in [0.3, 0.4) is 0 Å². The van der Waals surface area contributed by atoms with Crippen molar-refractivity contribution >= 4 is 28.8 Å². The fourth-order valence-corrected chi connectivity index (χ4v) is 2.28. The second-order valence-electron chi connectivity index (χ2n) is 3.63. The van der Waals surface area contributed by atoms with Crippen molar-refractivity contribution in [1.82, 2.24) is 15.3 Å². The highest BCUT2D eigenvalue weighted by molar-refractivity contribution is 7.11. The summed E-state index contributed by atoms with van der Waals surface area (Å²) in [6.07, 6.45) is 4.26. The standard InChI is InChI=1S/C12H12ClN3OS/c1-2-9-6-15-11(18-9)7-16-12(17)8-3-4-10(13)14-5-8/h3-6H,2,7H2,1H3,(H,16,17). The number of amides is 1. The van der Waals surface area contributed by atoms with E-state index in [1.165, 1.54) is 11.1 Å². The van der Waals surface area contributed by atoms with E-state index < -0.39 is 0 Å². The zero-order valence-corrected chi connectivity index (χ0v) is 11.4. The van der Waals surface area contributed by atoms with Gasteiger partial charge >= 0.3 is 0 Å². The Labute approximate surface area is 114 Å². The second kappa shape index (κ2) is 5.93. The van der Waals surface area contributed by atoms with Crippen molar-refractivity contribution in [2.75, 3.05) is 0 Å². The predicted octanol–water partition coefficient (Wildman–Crippen LogP) is 2.68. The average molecular weight is 282 g/mol. The Hall–Kier alpha value is -1.46. The van der Waals surface area contributed by atoms with E-state index in [9.17, 15) is 4.79 Å². The third-order valence-corrected chi connectivity index (χ3v) is 3.70. The van der Waals surface area contributed by atoms with Gasteiger partial charge in [0.2, 0.25) is 0 Å². The van der Waals surface area contributed by atoms with Gasteiger partial charge in [-0.3, -0.25) is 4.79 Å². The number of aryl methyl sites for hydroxylation is 1. The van der Waals surface area contributed by atoms with Crippen molar-refractivity contribution < 1.29 is 4.79 Å². The minimum Gasteiger partial charge on any atom is -0.345 e. The average Bonchev–Trinajstić information content (AvgIpc) is 2.85. The molecule has 1 N–H and O–H groups in total. The summed E-state index contributed by atoms with van der Waals surface area (Å²) in [4.78, 5) is 21.1. The summed E-state index contributed by atoms with van der Waals surface area (Å²) in [5, 5.41) is 4.08. The van der Waals surface area contributed by atoms with Crippen molar-refractivity contribution in [3.8, 4) is 0 Å². The van der Waals surface area contributed by atoms with Gasteiger partial charge < -0.3 is 5.32 Å². The zero-order chi connectivity index (χ0) is 13.0. The lowest BCUT2D eigenvalue weighted by molar-refractivity contribution is 0.0950. The number of pyridine rings is 1. The van der Waals surface area contributed by atoms with Gasteiger partial charge in [-0.1, -0.05) is 18.5 Å². The first-order chi connectivity index (χ1) is 8.69. The molecule has 2 aromatic rings.